The minimum Gasteiger partial charge on any atom is -0.289 e. The van der Waals surface area contributed by atoms with Crippen molar-refractivity contribution < 1.29 is 13.6 Å². The number of rotatable bonds is 2. The van der Waals surface area contributed by atoms with E-state index in [9.17, 15) is 13.6 Å². The summed E-state index contributed by atoms with van der Waals surface area (Å²) in [4.78, 5) is 16.4. The number of ketones is 1. The first-order valence-corrected chi connectivity index (χ1v) is 5.99. The Kier molecular flexibility index (Phi) is 2.99. The van der Waals surface area contributed by atoms with Crippen molar-refractivity contribution in [2.24, 2.45) is 0 Å². The molecule has 0 aliphatic rings. The van der Waals surface area contributed by atoms with Gasteiger partial charge < -0.3 is 0 Å². The van der Waals surface area contributed by atoms with Gasteiger partial charge >= 0.3 is 0 Å². The molecule has 0 radical (unpaired) electrons. The third-order valence-electron chi connectivity index (χ3n) is 3.05. The lowest BCUT2D eigenvalue weighted by molar-refractivity contribution is 0.103. The first kappa shape index (κ1) is 12.4. The summed E-state index contributed by atoms with van der Waals surface area (Å²) in [5.74, 6) is -1.97. The van der Waals surface area contributed by atoms with Crippen molar-refractivity contribution in [1.82, 2.24) is 4.98 Å². The molecule has 3 aromatic rings. The Morgan fingerprint density at radius 3 is 2.50 bits per heavy atom. The van der Waals surface area contributed by atoms with Crippen LogP contribution in [0, 0.1) is 11.6 Å². The molecule has 0 amide bonds. The van der Waals surface area contributed by atoms with Crippen molar-refractivity contribution in [2.45, 2.75) is 0 Å². The minimum atomic E-state index is -0.772. The molecule has 0 aliphatic carbocycles. The van der Waals surface area contributed by atoms with E-state index in [4.69, 9.17) is 0 Å². The molecule has 1 heterocycles. The molecule has 98 valence electrons. The Morgan fingerprint density at radius 1 is 1.00 bits per heavy atom. The standard InChI is InChI=1S/C16H9F2NO/c17-12-6-11(7-13(18)8-12)16(20)14-3-1-2-10-4-5-19-9-15(10)14/h1-9H. The molecule has 1 aromatic heterocycles. The second-order valence-corrected chi connectivity index (χ2v) is 4.39. The maximum Gasteiger partial charge on any atom is 0.193 e. The molecular formula is C16H9F2NO. The maximum absolute atomic E-state index is 13.2. The molecule has 2 nitrogen and oxygen atoms in total. The van der Waals surface area contributed by atoms with Crippen LogP contribution in [0.4, 0.5) is 8.78 Å². The number of carbonyl (C=O) groups excluding carboxylic acids is 1. The van der Waals surface area contributed by atoms with Crippen LogP contribution in [0.5, 0.6) is 0 Å². The van der Waals surface area contributed by atoms with E-state index in [1.165, 1.54) is 0 Å². The first-order chi connectivity index (χ1) is 9.65. The lowest BCUT2D eigenvalue weighted by Crippen LogP contribution is -2.03. The van der Waals surface area contributed by atoms with Gasteiger partial charge in [-0.05, 0) is 23.6 Å². The zero-order valence-electron chi connectivity index (χ0n) is 10.3. The van der Waals surface area contributed by atoms with E-state index in [-0.39, 0.29) is 5.56 Å². The van der Waals surface area contributed by atoms with Crippen LogP contribution >= 0.6 is 0 Å². The summed E-state index contributed by atoms with van der Waals surface area (Å²) in [5.41, 5.74) is 0.361. The Labute approximate surface area is 113 Å². The van der Waals surface area contributed by atoms with Gasteiger partial charge in [0, 0.05) is 35.0 Å². The highest BCUT2D eigenvalue weighted by Crippen LogP contribution is 2.21. The van der Waals surface area contributed by atoms with E-state index in [2.05, 4.69) is 4.98 Å². The van der Waals surface area contributed by atoms with Crippen molar-refractivity contribution >= 4 is 16.6 Å². The molecule has 20 heavy (non-hydrogen) atoms. The number of halogens is 2. The minimum absolute atomic E-state index is 0.0150. The number of hydrogen-bond acceptors (Lipinski definition) is 2. The third kappa shape index (κ3) is 2.16. The monoisotopic (exact) mass is 269 g/mol. The Balaban J connectivity index is 2.17. The van der Waals surface area contributed by atoms with Crippen LogP contribution in [0.1, 0.15) is 15.9 Å². The van der Waals surface area contributed by atoms with Gasteiger partial charge in [0.2, 0.25) is 0 Å². The molecule has 2 aromatic carbocycles. The maximum atomic E-state index is 13.2. The largest absolute Gasteiger partial charge is 0.289 e. The normalized spacial score (nSPS) is 10.7. The molecule has 0 fully saturated rings. The lowest BCUT2D eigenvalue weighted by Gasteiger charge is -2.06. The summed E-state index contributed by atoms with van der Waals surface area (Å²) in [6.07, 6.45) is 3.19. The number of fused-ring (bicyclic) bond motifs is 1. The predicted octanol–water partition coefficient (Wildman–Crippen LogP) is 3.74. The molecule has 0 aliphatic heterocycles. The SMILES string of the molecule is O=C(c1cc(F)cc(F)c1)c1cccc2ccncc12. The van der Waals surface area contributed by atoms with Crippen molar-refractivity contribution in [3.05, 3.63) is 77.6 Å². The van der Waals surface area contributed by atoms with Gasteiger partial charge in [0.15, 0.2) is 5.78 Å². The van der Waals surface area contributed by atoms with E-state index in [1.54, 1.807) is 30.6 Å². The summed E-state index contributed by atoms with van der Waals surface area (Å²) < 4.78 is 26.4. The van der Waals surface area contributed by atoms with Crippen LogP contribution in [0.2, 0.25) is 0 Å². The highest BCUT2D eigenvalue weighted by molar-refractivity contribution is 6.16. The zero-order valence-corrected chi connectivity index (χ0v) is 10.3. The van der Waals surface area contributed by atoms with Crippen LogP contribution in [0.25, 0.3) is 10.8 Å². The number of pyridine rings is 1. The molecule has 0 spiro atoms. The first-order valence-electron chi connectivity index (χ1n) is 5.99. The number of benzene rings is 2. The van der Waals surface area contributed by atoms with Gasteiger partial charge in [-0.1, -0.05) is 18.2 Å². The van der Waals surface area contributed by atoms with Crippen LogP contribution in [0.3, 0.4) is 0 Å². The van der Waals surface area contributed by atoms with Crippen LogP contribution in [-0.2, 0) is 0 Å². The van der Waals surface area contributed by atoms with Gasteiger partial charge in [0.1, 0.15) is 11.6 Å². The molecule has 4 heteroatoms. The van der Waals surface area contributed by atoms with Crippen molar-refractivity contribution in [3.8, 4) is 0 Å². The Hall–Kier alpha value is -2.62. The Bertz CT molecular complexity index is 789. The fourth-order valence-electron chi connectivity index (χ4n) is 2.15. The average Bonchev–Trinajstić information content (AvgIpc) is 2.45. The molecule has 0 saturated heterocycles. The number of carbonyl (C=O) groups is 1. The molecular weight excluding hydrogens is 260 g/mol. The van der Waals surface area contributed by atoms with Gasteiger partial charge in [-0.25, -0.2) is 8.78 Å². The zero-order chi connectivity index (χ0) is 14.1. The number of nitrogens with zero attached hydrogens (tertiary/aromatic N) is 1. The van der Waals surface area contributed by atoms with Crippen molar-refractivity contribution in [3.63, 3.8) is 0 Å². The van der Waals surface area contributed by atoms with Crippen LogP contribution < -0.4 is 0 Å². The lowest BCUT2D eigenvalue weighted by atomic mass is 9.98. The van der Waals surface area contributed by atoms with Gasteiger partial charge in [-0.2, -0.15) is 0 Å². The topological polar surface area (TPSA) is 30.0 Å². The number of hydrogen-bond donors (Lipinski definition) is 0. The molecule has 0 bridgehead atoms. The summed E-state index contributed by atoms with van der Waals surface area (Å²) in [6, 6.07) is 9.77. The molecule has 0 unspecified atom stereocenters. The van der Waals surface area contributed by atoms with E-state index >= 15 is 0 Å². The van der Waals surface area contributed by atoms with Crippen molar-refractivity contribution in [2.75, 3.05) is 0 Å². The Morgan fingerprint density at radius 2 is 1.75 bits per heavy atom. The van der Waals surface area contributed by atoms with E-state index in [1.807, 2.05) is 6.07 Å². The van der Waals surface area contributed by atoms with Crippen LogP contribution in [-0.4, -0.2) is 10.8 Å². The van der Waals surface area contributed by atoms with E-state index < -0.39 is 17.4 Å². The summed E-state index contributed by atoms with van der Waals surface area (Å²) in [5, 5.41) is 1.51. The highest BCUT2D eigenvalue weighted by Gasteiger charge is 2.14. The number of aromatic nitrogens is 1. The van der Waals surface area contributed by atoms with Gasteiger partial charge in [-0.3, -0.25) is 9.78 Å². The molecule has 3 rings (SSSR count). The van der Waals surface area contributed by atoms with E-state index in [0.717, 1.165) is 23.6 Å². The van der Waals surface area contributed by atoms with Crippen LogP contribution in [0.15, 0.2) is 54.9 Å². The highest BCUT2D eigenvalue weighted by atomic mass is 19.1. The average molecular weight is 269 g/mol. The summed E-state index contributed by atoms with van der Waals surface area (Å²) >= 11 is 0. The smallest absolute Gasteiger partial charge is 0.193 e. The second-order valence-electron chi connectivity index (χ2n) is 4.39. The third-order valence-corrected chi connectivity index (χ3v) is 3.05. The van der Waals surface area contributed by atoms with Gasteiger partial charge in [-0.15, -0.1) is 0 Å². The molecule has 0 saturated carbocycles. The quantitative estimate of drug-likeness (QED) is 0.663. The molecule has 0 atom stereocenters. The summed E-state index contributed by atoms with van der Waals surface area (Å²) in [7, 11) is 0. The molecule has 0 N–H and O–H groups in total. The van der Waals surface area contributed by atoms with Gasteiger partial charge in [0.05, 0.1) is 0 Å². The second kappa shape index (κ2) is 4.81. The summed E-state index contributed by atoms with van der Waals surface area (Å²) in [6.45, 7) is 0. The fourth-order valence-corrected chi connectivity index (χ4v) is 2.15. The van der Waals surface area contributed by atoms with Crippen molar-refractivity contribution in [1.29, 1.82) is 0 Å². The predicted molar refractivity (Wildman–Crippen MR) is 71.5 cm³/mol. The van der Waals surface area contributed by atoms with Gasteiger partial charge in [0.25, 0.3) is 0 Å². The fraction of sp³-hybridized carbons (Fsp3) is 0. The van der Waals surface area contributed by atoms with E-state index in [0.29, 0.717) is 10.9 Å².